The summed E-state index contributed by atoms with van der Waals surface area (Å²) in [6, 6.07) is 1.42. The van der Waals surface area contributed by atoms with Crippen LogP contribution in [0, 0.1) is 17.2 Å². The Bertz CT molecular complexity index is 388. The van der Waals surface area contributed by atoms with Gasteiger partial charge >= 0.3 is 12.0 Å². The van der Waals surface area contributed by atoms with Gasteiger partial charge in [-0.3, -0.25) is 14.9 Å². The number of rotatable bonds is 8. The van der Waals surface area contributed by atoms with E-state index in [1.807, 2.05) is 19.9 Å². The van der Waals surface area contributed by atoms with Crippen molar-refractivity contribution in [2.24, 2.45) is 5.92 Å². The minimum absolute atomic E-state index is 0.00813. The molecule has 2 N–H and O–H groups in total. The van der Waals surface area contributed by atoms with Crippen molar-refractivity contribution in [2.45, 2.75) is 39.5 Å². The van der Waals surface area contributed by atoms with Crippen LogP contribution in [0.3, 0.4) is 0 Å². The van der Waals surface area contributed by atoms with Gasteiger partial charge in [-0.1, -0.05) is 13.8 Å². The first-order valence-corrected chi connectivity index (χ1v) is 6.54. The zero-order valence-electron chi connectivity index (χ0n) is 11.9. The van der Waals surface area contributed by atoms with Crippen LogP contribution in [0.5, 0.6) is 0 Å². The maximum atomic E-state index is 11.9. The third kappa shape index (κ3) is 8.91. The van der Waals surface area contributed by atoms with Gasteiger partial charge in [0.15, 0.2) is 0 Å². The molecule has 3 amide bonds. The van der Waals surface area contributed by atoms with Gasteiger partial charge in [-0.25, -0.2) is 4.79 Å². The zero-order chi connectivity index (χ0) is 15.5. The fourth-order valence-corrected chi connectivity index (χ4v) is 1.56. The number of aliphatic carboxylic acids is 1. The highest BCUT2D eigenvalue weighted by Crippen LogP contribution is 2.01. The molecule has 0 atom stereocenters. The normalized spacial score (nSPS) is 9.90. The number of nitrogens with one attached hydrogen (secondary N) is 1. The van der Waals surface area contributed by atoms with Crippen LogP contribution in [0.4, 0.5) is 4.79 Å². The molecule has 20 heavy (non-hydrogen) atoms. The highest BCUT2D eigenvalue weighted by Gasteiger charge is 2.17. The number of amides is 3. The summed E-state index contributed by atoms with van der Waals surface area (Å²) in [5, 5.41) is 19.2. The lowest BCUT2D eigenvalue weighted by molar-refractivity contribution is -0.137. The summed E-state index contributed by atoms with van der Waals surface area (Å²) >= 11 is 0. The fourth-order valence-electron chi connectivity index (χ4n) is 1.56. The summed E-state index contributed by atoms with van der Waals surface area (Å²) < 4.78 is 0. The number of carboxylic acids is 1. The average Bonchev–Trinajstić information content (AvgIpc) is 2.33. The van der Waals surface area contributed by atoms with E-state index in [-0.39, 0.29) is 38.1 Å². The number of carbonyl (C=O) groups is 3. The molecule has 112 valence electrons. The Morgan fingerprint density at radius 1 is 1.30 bits per heavy atom. The highest BCUT2D eigenvalue weighted by atomic mass is 16.4. The van der Waals surface area contributed by atoms with Crippen molar-refractivity contribution in [3.8, 4) is 6.07 Å². The standard InChI is InChI=1S/C13H21N3O4/c1-10(2)9-16(8-4-7-14)13(20)15-11(17)5-3-6-12(18)19/h10H,3-6,8-9H2,1-2H3,(H,18,19)(H,15,17,20). The van der Waals surface area contributed by atoms with Crippen LogP contribution in [-0.4, -0.2) is 41.0 Å². The van der Waals surface area contributed by atoms with Crippen LogP contribution < -0.4 is 5.32 Å². The Kier molecular flexibility index (Phi) is 8.75. The molecule has 0 aliphatic carbocycles. The monoisotopic (exact) mass is 283 g/mol. The Morgan fingerprint density at radius 2 is 1.95 bits per heavy atom. The van der Waals surface area contributed by atoms with Crippen LogP contribution in [0.25, 0.3) is 0 Å². The summed E-state index contributed by atoms with van der Waals surface area (Å²) in [6.07, 6.45) is 0.279. The minimum atomic E-state index is -0.973. The molecule has 0 fully saturated rings. The van der Waals surface area contributed by atoms with E-state index in [4.69, 9.17) is 10.4 Å². The van der Waals surface area contributed by atoms with E-state index in [1.165, 1.54) is 4.90 Å². The van der Waals surface area contributed by atoms with Crippen LogP contribution >= 0.6 is 0 Å². The van der Waals surface area contributed by atoms with Gasteiger partial charge in [-0.15, -0.1) is 0 Å². The number of carboxylic acid groups (broad SMARTS) is 1. The Labute approximate surface area is 118 Å². The number of carbonyl (C=O) groups excluding carboxylic acids is 2. The first-order valence-electron chi connectivity index (χ1n) is 6.54. The fraction of sp³-hybridized carbons (Fsp3) is 0.692. The van der Waals surface area contributed by atoms with E-state index in [1.54, 1.807) is 0 Å². The Morgan fingerprint density at radius 3 is 2.45 bits per heavy atom. The van der Waals surface area contributed by atoms with Gasteiger partial charge in [0, 0.05) is 25.9 Å². The molecular formula is C13H21N3O4. The van der Waals surface area contributed by atoms with Crippen LogP contribution in [0.15, 0.2) is 0 Å². The van der Waals surface area contributed by atoms with Crippen molar-refractivity contribution < 1.29 is 19.5 Å². The van der Waals surface area contributed by atoms with Crippen molar-refractivity contribution in [2.75, 3.05) is 13.1 Å². The second kappa shape index (κ2) is 9.78. The second-order valence-electron chi connectivity index (χ2n) is 4.85. The van der Waals surface area contributed by atoms with Crippen molar-refractivity contribution in [3.05, 3.63) is 0 Å². The third-order valence-electron chi connectivity index (χ3n) is 2.41. The lowest BCUT2D eigenvalue weighted by atomic mass is 10.2. The van der Waals surface area contributed by atoms with Crippen LogP contribution in [0.1, 0.15) is 39.5 Å². The summed E-state index contributed by atoms with van der Waals surface area (Å²) in [5.41, 5.74) is 0. The van der Waals surface area contributed by atoms with Gasteiger partial charge in [-0.05, 0) is 12.3 Å². The highest BCUT2D eigenvalue weighted by molar-refractivity contribution is 5.94. The van der Waals surface area contributed by atoms with E-state index in [0.29, 0.717) is 6.54 Å². The third-order valence-corrected chi connectivity index (χ3v) is 2.41. The molecule has 0 aromatic rings. The largest absolute Gasteiger partial charge is 0.481 e. The topological polar surface area (TPSA) is 111 Å². The van der Waals surface area contributed by atoms with Gasteiger partial charge < -0.3 is 10.0 Å². The molecular weight excluding hydrogens is 262 g/mol. The quantitative estimate of drug-likeness (QED) is 0.698. The van der Waals surface area contributed by atoms with Crippen LogP contribution in [-0.2, 0) is 9.59 Å². The smallest absolute Gasteiger partial charge is 0.324 e. The molecule has 0 aliphatic rings. The molecule has 0 saturated carbocycles. The van der Waals surface area contributed by atoms with Crippen molar-refractivity contribution in [3.63, 3.8) is 0 Å². The Balaban J connectivity index is 4.25. The maximum Gasteiger partial charge on any atom is 0.324 e. The summed E-state index contributed by atoms with van der Waals surface area (Å²) in [7, 11) is 0. The molecule has 7 nitrogen and oxygen atoms in total. The van der Waals surface area contributed by atoms with Crippen molar-refractivity contribution in [1.29, 1.82) is 5.26 Å². The van der Waals surface area contributed by atoms with E-state index >= 15 is 0 Å². The number of hydrogen-bond donors (Lipinski definition) is 2. The molecule has 0 radical (unpaired) electrons. The molecule has 0 bridgehead atoms. The average molecular weight is 283 g/mol. The summed E-state index contributed by atoms with van der Waals surface area (Å²) in [6.45, 7) is 4.58. The van der Waals surface area contributed by atoms with E-state index in [9.17, 15) is 14.4 Å². The number of hydrogen-bond acceptors (Lipinski definition) is 4. The lowest BCUT2D eigenvalue weighted by Gasteiger charge is -2.23. The number of nitrogens with zero attached hydrogens (tertiary/aromatic N) is 2. The van der Waals surface area contributed by atoms with E-state index < -0.39 is 17.9 Å². The van der Waals surface area contributed by atoms with Crippen molar-refractivity contribution >= 4 is 17.9 Å². The Hall–Kier alpha value is -2.10. The molecule has 0 aromatic heterocycles. The SMILES string of the molecule is CC(C)CN(CCC#N)C(=O)NC(=O)CCCC(=O)O. The number of urea groups is 1. The van der Waals surface area contributed by atoms with Gasteiger partial charge in [0.05, 0.1) is 12.5 Å². The molecule has 0 rings (SSSR count). The molecule has 7 heteroatoms. The van der Waals surface area contributed by atoms with Crippen LogP contribution in [0.2, 0.25) is 0 Å². The summed E-state index contributed by atoms with van der Waals surface area (Å²) in [5.74, 6) is -1.25. The number of nitriles is 1. The van der Waals surface area contributed by atoms with Gasteiger partial charge in [0.25, 0.3) is 0 Å². The molecule has 0 unspecified atom stereocenters. The predicted molar refractivity (Wildman–Crippen MR) is 71.7 cm³/mol. The van der Waals surface area contributed by atoms with Gasteiger partial charge in [-0.2, -0.15) is 5.26 Å². The molecule has 0 heterocycles. The van der Waals surface area contributed by atoms with Gasteiger partial charge in [0.2, 0.25) is 5.91 Å². The first kappa shape index (κ1) is 17.9. The van der Waals surface area contributed by atoms with E-state index in [0.717, 1.165) is 0 Å². The lowest BCUT2D eigenvalue weighted by Crippen LogP contribution is -2.44. The van der Waals surface area contributed by atoms with Gasteiger partial charge in [0.1, 0.15) is 0 Å². The molecule has 0 aromatic carbocycles. The zero-order valence-corrected chi connectivity index (χ0v) is 11.9. The maximum absolute atomic E-state index is 11.9. The van der Waals surface area contributed by atoms with Crippen molar-refractivity contribution in [1.82, 2.24) is 10.2 Å². The second-order valence-corrected chi connectivity index (χ2v) is 4.85. The molecule has 0 saturated heterocycles. The molecule has 0 spiro atoms. The first-order chi connectivity index (χ1) is 9.36. The van der Waals surface area contributed by atoms with E-state index in [2.05, 4.69) is 5.32 Å². The minimum Gasteiger partial charge on any atom is -0.481 e. The molecule has 0 aliphatic heterocycles. The number of imide groups is 1. The predicted octanol–water partition coefficient (Wildman–Crippen LogP) is 1.35. The summed E-state index contributed by atoms with van der Waals surface area (Å²) in [4.78, 5) is 35.1.